The average molecular weight is 483 g/mol. The molecule has 0 unspecified atom stereocenters. The van der Waals surface area contributed by atoms with Crippen LogP contribution >= 0.6 is 0 Å². The van der Waals surface area contributed by atoms with E-state index in [2.05, 4.69) is 72.8 Å². The maximum atomic E-state index is 10.1. The lowest BCUT2D eigenvalue weighted by atomic mass is 9.89. The van der Waals surface area contributed by atoms with Crippen molar-refractivity contribution in [3.63, 3.8) is 0 Å². The monoisotopic (exact) mass is 482 g/mol. The molecule has 0 N–H and O–H groups in total. The van der Waals surface area contributed by atoms with Crippen LogP contribution in [0.25, 0.3) is 33.4 Å². The van der Waals surface area contributed by atoms with Crippen molar-refractivity contribution >= 4 is 11.1 Å². The van der Waals surface area contributed by atoms with Crippen molar-refractivity contribution in [1.82, 2.24) is 0 Å². The molecule has 0 saturated heterocycles. The highest BCUT2D eigenvalue weighted by Crippen LogP contribution is 2.38. The van der Waals surface area contributed by atoms with Gasteiger partial charge in [0.15, 0.2) is 0 Å². The fourth-order valence-electron chi connectivity index (χ4n) is 5.32. The number of fused-ring (bicyclic) bond motifs is 1. The van der Waals surface area contributed by atoms with Crippen LogP contribution in [0.4, 0.5) is 0 Å². The van der Waals surface area contributed by atoms with Gasteiger partial charge in [0, 0.05) is 5.57 Å². The number of nitrogens with zero attached hydrogens (tertiary/aromatic N) is 2. The maximum Gasteiger partial charge on any atom is 0.138 e. The summed E-state index contributed by atoms with van der Waals surface area (Å²) in [5, 5.41) is 22.2. The first-order valence-electron chi connectivity index (χ1n) is 12.5. The number of hydrogen-bond donors (Lipinski definition) is 0. The Labute approximate surface area is 222 Å². The van der Waals surface area contributed by atoms with Crippen molar-refractivity contribution in [3.8, 4) is 34.4 Å². The van der Waals surface area contributed by atoms with Gasteiger partial charge in [0.25, 0.3) is 0 Å². The zero-order valence-electron chi connectivity index (χ0n) is 20.6. The van der Waals surface area contributed by atoms with Gasteiger partial charge in [-0.3, -0.25) is 0 Å². The molecular formula is C36H22N2. The van der Waals surface area contributed by atoms with Gasteiger partial charge in [0.2, 0.25) is 0 Å². The predicted molar refractivity (Wildman–Crippen MR) is 153 cm³/mol. The van der Waals surface area contributed by atoms with Gasteiger partial charge in [0.1, 0.15) is 17.7 Å². The molecule has 0 bridgehead atoms. The summed E-state index contributed by atoms with van der Waals surface area (Å²) >= 11 is 0. The standard InChI is InChI=1S/C36H22N2/c37-23-29(24-38)36-34(27-17-9-3-10-18-27)32-21-30(25-13-5-1-6-14-25)31(26-15-7-2-8-16-26)22-33(32)35(36)28-19-11-4-12-20-28/h1-22H. The van der Waals surface area contributed by atoms with Crippen LogP contribution in [0.2, 0.25) is 0 Å². The molecule has 0 fully saturated rings. The summed E-state index contributed by atoms with van der Waals surface area (Å²) in [5.74, 6) is 0. The second-order valence-corrected chi connectivity index (χ2v) is 9.13. The van der Waals surface area contributed by atoms with E-state index in [4.69, 9.17) is 0 Å². The molecule has 6 rings (SSSR count). The first-order chi connectivity index (χ1) is 18.8. The number of rotatable bonds is 4. The minimum Gasteiger partial charge on any atom is -0.192 e. The van der Waals surface area contributed by atoms with Crippen LogP contribution < -0.4 is 10.4 Å². The topological polar surface area (TPSA) is 47.6 Å². The Bertz CT molecular complexity index is 1750. The zero-order valence-corrected chi connectivity index (χ0v) is 20.6. The lowest BCUT2D eigenvalue weighted by molar-refractivity contribution is 1.44. The Balaban J connectivity index is 1.87. The summed E-state index contributed by atoms with van der Waals surface area (Å²) in [7, 11) is 0. The Hall–Kier alpha value is -5.44. The molecule has 0 radical (unpaired) electrons. The molecule has 2 nitrogen and oxygen atoms in total. The van der Waals surface area contributed by atoms with Crippen LogP contribution in [0.15, 0.2) is 145 Å². The van der Waals surface area contributed by atoms with Gasteiger partial charge in [-0.1, -0.05) is 121 Å². The number of nitriles is 2. The summed E-state index contributed by atoms with van der Waals surface area (Å²) in [4.78, 5) is 0. The minimum absolute atomic E-state index is 0.112. The van der Waals surface area contributed by atoms with Gasteiger partial charge in [-0.05, 0) is 67.1 Å². The van der Waals surface area contributed by atoms with Crippen LogP contribution in [0, 0.1) is 22.7 Å². The molecule has 5 aromatic carbocycles. The summed E-state index contributed by atoms with van der Waals surface area (Å²) in [6.07, 6.45) is 0. The Morgan fingerprint density at radius 2 is 0.737 bits per heavy atom. The van der Waals surface area contributed by atoms with E-state index in [0.29, 0.717) is 5.57 Å². The fraction of sp³-hybridized carbons (Fsp3) is 0. The quantitative estimate of drug-likeness (QED) is 0.265. The van der Waals surface area contributed by atoms with Gasteiger partial charge >= 0.3 is 0 Å². The summed E-state index contributed by atoms with van der Waals surface area (Å²) in [5.41, 5.74) is 9.01. The highest BCUT2D eigenvalue weighted by Gasteiger charge is 2.27. The van der Waals surface area contributed by atoms with Crippen molar-refractivity contribution in [2.24, 2.45) is 0 Å². The first kappa shape index (κ1) is 23.0. The second kappa shape index (κ2) is 9.90. The number of hydrogen-bond acceptors (Lipinski definition) is 2. The molecule has 0 spiro atoms. The van der Waals surface area contributed by atoms with Crippen molar-refractivity contribution in [3.05, 3.63) is 166 Å². The van der Waals surface area contributed by atoms with Crippen LogP contribution in [-0.4, -0.2) is 0 Å². The lowest BCUT2D eigenvalue weighted by Crippen LogP contribution is -2.25. The number of benzene rings is 5. The van der Waals surface area contributed by atoms with Gasteiger partial charge in [-0.2, -0.15) is 10.5 Å². The molecule has 176 valence electrons. The third kappa shape index (κ3) is 3.92. The van der Waals surface area contributed by atoms with Crippen molar-refractivity contribution in [1.29, 1.82) is 10.5 Å². The molecular weight excluding hydrogens is 460 g/mol. The Morgan fingerprint density at radius 1 is 0.421 bits per heavy atom. The molecule has 5 aromatic rings. The largest absolute Gasteiger partial charge is 0.192 e. The van der Waals surface area contributed by atoms with Crippen LogP contribution in [-0.2, 0) is 0 Å². The van der Waals surface area contributed by atoms with Gasteiger partial charge in [0.05, 0.1) is 0 Å². The zero-order chi connectivity index (χ0) is 25.9. The van der Waals surface area contributed by atoms with Crippen LogP contribution in [0.1, 0.15) is 11.1 Å². The third-order valence-electron chi connectivity index (χ3n) is 6.96. The maximum absolute atomic E-state index is 10.1. The molecule has 38 heavy (non-hydrogen) atoms. The fourth-order valence-corrected chi connectivity index (χ4v) is 5.32. The van der Waals surface area contributed by atoms with Gasteiger partial charge < -0.3 is 0 Å². The summed E-state index contributed by atoms with van der Waals surface area (Å²) in [6, 6.07) is 49.7. The molecule has 0 amide bonds. The molecule has 0 aromatic heterocycles. The molecule has 2 heteroatoms. The number of allylic oxidation sites excluding steroid dienone is 2. The Kier molecular flexibility index (Phi) is 5.99. The van der Waals surface area contributed by atoms with Gasteiger partial charge in [-0.15, -0.1) is 0 Å². The van der Waals surface area contributed by atoms with E-state index in [9.17, 15) is 10.5 Å². The molecule has 0 aliphatic heterocycles. The summed E-state index contributed by atoms with van der Waals surface area (Å²) in [6.45, 7) is 0. The third-order valence-corrected chi connectivity index (χ3v) is 6.96. The summed E-state index contributed by atoms with van der Waals surface area (Å²) < 4.78 is 0. The average Bonchev–Trinajstić information content (AvgIpc) is 3.33. The Morgan fingerprint density at radius 3 is 1.05 bits per heavy atom. The molecule has 0 saturated carbocycles. The second-order valence-electron chi connectivity index (χ2n) is 9.13. The smallest absolute Gasteiger partial charge is 0.138 e. The molecule has 0 atom stereocenters. The first-order valence-corrected chi connectivity index (χ1v) is 12.5. The van der Waals surface area contributed by atoms with Crippen molar-refractivity contribution in [2.45, 2.75) is 0 Å². The SMILES string of the molecule is N#CC(C#N)=C1C(c2ccccc2)=c2cc(-c3ccccc3)c(-c3ccccc3)cc2=C1c1ccccc1. The highest BCUT2D eigenvalue weighted by molar-refractivity contribution is 6.04. The van der Waals surface area contributed by atoms with Gasteiger partial charge in [-0.25, -0.2) is 0 Å². The van der Waals surface area contributed by atoms with E-state index in [-0.39, 0.29) is 5.57 Å². The molecule has 1 aliphatic carbocycles. The highest BCUT2D eigenvalue weighted by atomic mass is 14.3. The van der Waals surface area contributed by atoms with Crippen molar-refractivity contribution < 1.29 is 0 Å². The molecule has 1 aliphatic rings. The predicted octanol–water partition coefficient (Wildman–Crippen LogP) is 6.78. The van der Waals surface area contributed by atoms with E-state index < -0.39 is 0 Å². The normalized spacial score (nSPS) is 12.0. The van der Waals surface area contributed by atoms with Crippen LogP contribution in [0.3, 0.4) is 0 Å². The molecule has 0 heterocycles. The van der Waals surface area contributed by atoms with E-state index in [1.54, 1.807) is 0 Å². The van der Waals surface area contributed by atoms with E-state index in [0.717, 1.165) is 55.0 Å². The minimum atomic E-state index is 0.112. The van der Waals surface area contributed by atoms with E-state index in [1.807, 2.05) is 72.8 Å². The van der Waals surface area contributed by atoms with E-state index in [1.165, 1.54) is 0 Å². The van der Waals surface area contributed by atoms with Crippen LogP contribution in [0.5, 0.6) is 0 Å². The van der Waals surface area contributed by atoms with Crippen molar-refractivity contribution in [2.75, 3.05) is 0 Å². The van der Waals surface area contributed by atoms with E-state index >= 15 is 0 Å². The lowest BCUT2D eigenvalue weighted by Gasteiger charge is -2.12.